The van der Waals surface area contributed by atoms with E-state index in [2.05, 4.69) is 5.32 Å². The van der Waals surface area contributed by atoms with Crippen molar-refractivity contribution in [3.8, 4) is 0 Å². The lowest BCUT2D eigenvalue weighted by molar-refractivity contribution is -0.150. The van der Waals surface area contributed by atoms with Crippen molar-refractivity contribution in [2.24, 2.45) is 5.92 Å². The third kappa shape index (κ3) is 4.85. The number of nitrogens with zero attached hydrogens (tertiary/aromatic N) is 1. The molecule has 24 heavy (non-hydrogen) atoms. The molecule has 0 spiro atoms. The van der Waals surface area contributed by atoms with Crippen molar-refractivity contribution < 1.29 is 14.3 Å². The van der Waals surface area contributed by atoms with E-state index in [0.29, 0.717) is 28.9 Å². The third-order valence-electron chi connectivity index (χ3n) is 4.19. The molecule has 2 rings (SSSR count). The summed E-state index contributed by atoms with van der Waals surface area (Å²) >= 11 is 12.0. The number of benzene rings is 1. The lowest BCUT2D eigenvalue weighted by atomic mass is 9.97. The highest BCUT2D eigenvalue weighted by Crippen LogP contribution is 2.26. The predicted octanol–water partition coefficient (Wildman–Crippen LogP) is 3.60. The Kier molecular flexibility index (Phi) is 6.90. The van der Waals surface area contributed by atoms with Crippen LogP contribution in [0.2, 0.25) is 10.0 Å². The van der Waals surface area contributed by atoms with Crippen LogP contribution in [0, 0.1) is 5.92 Å². The fourth-order valence-corrected chi connectivity index (χ4v) is 3.14. The molecule has 1 N–H and O–H groups in total. The lowest BCUT2D eigenvalue weighted by Crippen LogP contribution is -2.48. The van der Waals surface area contributed by atoms with Gasteiger partial charge in [0.2, 0.25) is 5.91 Å². The summed E-state index contributed by atoms with van der Waals surface area (Å²) in [5, 5.41) is 3.74. The van der Waals surface area contributed by atoms with Crippen molar-refractivity contribution in [1.82, 2.24) is 4.90 Å². The van der Waals surface area contributed by atoms with Crippen molar-refractivity contribution in [2.45, 2.75) is 32.7 Å². The molecule has 1 aliphatic heterocycles. The first kappa shape index (κ1) is 19.0. The Morgan fingerprint density at radius 1 is 1.42 bits per heavy atom. The van der Waals surface area contributed by atoms with Crippen molar-refractivity contribution in [3.05, 3.63) is 28.2 Å². The molecule has 0 unspecified atom stereocenters. The van der Waals surface area contributed by atoms with E-state index < -0.39 is 0 Å². The van der Waals surface area contributed by atoms with E-state index in [-0.39, 0.29) is 23.8 Å². The summed E-state index contributed by atoms with van der Waals surface area (Å²) in [4.78, 5) is 26.4. The van der Waals surface area contributed by atoms with Gasteiger partial charge in [0.25, 0.3) is 0 Å². The zero-order chi connectivity index (χ0) is 17.7. The van der Waals surface area contributed by atoms with Gasteiger partial charge in [0.05, 0.1) is 29.3 Å². The van der Waals surface area contributed by atoms with Crippen molar-refractivity contribution in [3.63, 3.8) is 0 Å². The molecule has 1 fully saturated rings. The average Bonchev–Trinajstić information content (AvgIpc) is 2.57. The molecule has 1 aromatic carbocycles. The maximum absolute atomic E-state index is 12.5. The maximum Gasteiger partial charge on any atom is 0.310 e. The van der Waals surface area contributed by atoms with Crippen LogP contribution in [-0.4, -0.2) is 42.5 Å². The largest absolute Gasteiger partial charge is 0.466 e. The Morgan fingerprint density at radius 3 is 2.88 bits per heavy atom. The zero-order valence-electron chi connectivity index (χ0n) is 13.9. The number of carbonyl (C=O) groups excluding carboxylic acids is 2. The molecule has 1 amide bonds. The summed E-state index contributed by atoms with van der Waals surface area (Å²) < 4.78 is 5.10. The van der Waals surface area contributed by atoms with Crippen LogP contribution in [0.1, 0.15) is 26.7 Å². The van der Waals surface area contributed by atoms with E-state index in [1.54, 1.807) is 25.1 Å². The molecule has 132 valence electrons. The Balaban J connectivity index is 1.99. The first-order valence-electron chi connectivity index (χ1n) is 8.09. The first-order valence-corrected chi connectivity index (χ1v) is 8.84. The lowest BCUT2D eigenvalue weighted by Gasteiger charge is -2.35. The standard InChI is InChI=1S/C17H22Cl2N2O3/c1-3-24-17(23)12-5-4-8-21(10-12)11(2)16(22)20-15-9-13(18)6-7-14(15)19/h6-7,9,11-12H,3-5,8,10H2,1-2H3,(H,20,22)/t11-,12+/m1/s1. The predicted molar refractivity (Wildman–Crippen MR) is 95.5 cm³/mol. The maximum atomic E-state index is 12.5. The summed E-state index contributed by atoms with van der Waals surface area (Å²) in [6.45, 7) is 5.29. The molecule has 0 saturated carbocycles. The number of ether oxygens (including phenoxy) is 1. The third-order valence-corrected chi connectivity index (χ3v) is 4.75. The minimum atomic E-state index is -0.378. The Hall–Kier alpha value is -1.30. The number of likely N-dealkylation sites (tertiary alicyclic amines) is 1. The number of hydrogen-bond acceptors (Lipinski definition) is 4. The van der Waals surface area contributed by atoms with Crippen molar-refractivity contribution in [1.29, 1.82) is 0 Å². The van der Waals surface area contributed by atoms with Crippen LogP contribution in [0.4, 0.5) is 5.69 Å². The zero-order valence-corrected chi connectivity index (χ0v) is 15.4. The fraction of sp³-hybridized carbons (Fsp3) is 0.529. The van der Waals surface area contributed by atoms with E-state index in [4.69, 9.17) is 27.9 Å². The Bertz CT molecular complexity index is 609. The molecule has 1 aromatic rings. The van der Waals surface area contributed by atoms with E-state index >= 15 is 0 Å². The summed E-state index contributed by atoms with van der Waals surface area (Å²) in [6, 6.07) is 4.54. The molecular formula is C17H22Cl2N2O3. The molecule has 1 aliphatic rings. The van der Waals surface area contributed by atoms with Gasteiger partial charge < -0.3 is 10.1 Å². The number of piperidine rings is 1. The van der Waals surface area contributed by atoms with Gasteiger partial charge in [0.15, 0.2) is 0 Å². The second-order valence-electron chi connectivity index (χ2n) is 5.88. The van der Waals surface area contributed by atoms with Gasteiger partial charge in [-0.15, -0.1) is 0 Å². The van der Waals surface area contributed by atoms with E-state index in [9.17, 15) is 9.59 Å². The van der Waals surface area contributed by atoms with Crippen LogP contribution in [0.25, 0.3) is 0 Å². The highest BCUT2D eigenvalue weighted by Gasteiger charge is 2.31. The number of amides is 1. The number of hydrogen-bond donors (Lipinski definition) is 1. The molecule has 0 bridgehead atoms. The smallest absolute Gasteiger partial charge is 0.310 e. The minimum absolute atomic E-state index is 0.177. The second kappa shape index (κ2) is 8.70. The number of halogens is 2. The van der Waals surface area contributed by atoms with Crippen molar-refractivity contribution in [2.75, 3.05) is 25.0 Å². The first-order chi connectivity index (χ1) is 11.4. The van der Waals surface area contributed by atoms with Gasteiger partial charge in [-0.25, -0.2) is 0 Å². The van der Waals surface area contributed by atoms with Crippen LogP contribution in [0.15, 0.2) is 18.2 Å². The van der Waals surface area contributed by atoms with Crippen LogP contribution in [-0.2, 0) is 14.3 Å². The van der Waals surface area contributed by atoms with E-state index in [1.807, 2.05) is 11.8 Å². The van der Waals surface area contributed by atoms with Crippen LogP contribution >= 0.6 is 23.2 Å². The van der Waals surface area contributed by atoms with Gasteiger partial charge in [-0.1, -0.05) is 23.2 Å². The molecule has 7 heteroatoms. The van der Waals surface area contributed by atoms with Crippen LogP contribution in [0.5, 0.6) is 0 Å². The van der Waals surface area contributed by atoms with Crippen LogP contribution in [0.3, 0.4) is 0 Å². The molecule has 5 nitrogen and oxygen atoms in total. The van der Waals surface area contributed by atoms with Gasteiger partial charge in [-0.2, -0.15) is 0 Å². The molecule has 0 radical (unpaired) electrons. The van der Waals surface area contributed by atoms with E-state index in [1.165, 1.54) is 0 Å². The quantitative estimate of drug-likeness (QED) is 0.802. The van der Waals surface area contributed by atoms with Gasteiger partial charge in [-0.05, 0) is 51.4 Å². The SMILES string of the molecule is CCOC(=O)[C@H]1CCCN([C@H](C)C(=O)Nc2cc(Cl)ccc2Cl)C1. The second-order valence-corrected chi connectivity index (χ2v) is 6.72. The summed E-state index contributed by atoms with van der Waals surface area (Å²) in [7, 11) is 0. The minimum Gasteiger partial charge on any atom is -0.466 e. The summed E-state index contributed by atoms with van der Waals surface area (Å²) in [5.74, 6) is -0.542. The number of rotatable bonds is 5. The monoisotopic (exact) mass is 372 g/mol. The molecule has 1 heterocycles. The molecule has 0 aromatic heterocycles. The fourth-order valence-electron chi connectivity index (χ4n) is 2.81. The molecule has 2 atom stereocenters. The van der Waals surface area contributed by atoms with Gasteiger partial charge in [-0.3, -0.25) is 14.5 Å². The molecule has 0 aliphatic carbocycles. The van der Waals surface area contributed by atoms with Gasteiger partial charge in [0.1, 0.15) is 0 Å². The molecule has 1 saturated heterocycles. The number of nitrogens with one attached hydrogen (secondary N) is 1. The summed E-state index contributed by atoms with van der Waals surface area (Å²) in [5.41, 5.74) is 0.486. The van der Waals surface area contributed by atoms with Crippen LogP contribution < -0.4 is 5.32 Å². The topological polar surface area (TPSA) is 58.6 Å². The molecular weight excluding hydrogens is 351 g/mol. The normalized spacial score (nSPS) is 19.6. The average molecular weight is 373 g/mol. The number of anilines is 1. The highest BCUT2D eigenvalue weighted by atomic mass is 35.5. The van der Waals surface area contributed by atoms with Gasteiger partial charge in [0, 0.05) is 11.6 Å². The van der Waals surface area contributed by atoms with E-state index in [0.717, 1.165) is 19.4 Å². The van der Waals surface area contributed by atoms with Gasteiger partial charge >= 0.3 is 5.97 Å². The summed E-state index contributed by atoms with van der Waals surface area (Å²) in [6.07, 6.45) is 1.66. The Morgan fingerprint density at radius 2 is 2.17 bits per heavy atom. The number of esters is 1. The highest BCUT2D eigenvalue weighted by molar-refractivity contribution is 6.35. The number of carbonyl (C=O) groups is 2. The Labute approximate surface area is 152 Å². The van der Waals surface area contributed by atoms with Crippen molar-refractivity contribution >= 4 is 40.8 Å².